The molecule has 19 heavy (non-hydrogen) atoms. The van der Waals surface area contributed by atoms with Crippen LogP contribution in [0.2, 0.25) is 0 Å². The molecule has 0 saturated heterocycles. The van der Waals surface area contributed by atoms with Crippen LogP contribution < -0.4 is 16.0 Å². The molecule has 0 atom stereocenters. The van der Waals surface area contributed by atoms with Crippen LogP contribution in [0.25, 0.3) is 0 Å². The number of para-hydroxylation sites is 1. The first-order valence-electron chi connectivity index (χ1n) is 6.39. The Hall–Kier alpha value is -2.42. The zero-order valence-electron chi connectivity index (χ0n) is 10.9. The lowest BCUT2D eigenvalue weighted by Crippen LogP contribution is -2.16. The van der Waals surface area contributed by atoms with E-state index in [0.717, 1.165) is 30.2 Å². The fraction of sp³-hybridized carbons (Fsp3) is 0.125. The summed E-state index contributed by atoms with van der Waals surface area (Å²) < 4.78 is 0. The average Bonchev–Trinajstić information content (AvgIpc) is 2.45. The Balaban J connectivity index is 1.93. The van der Waals surface area contributed by atoms with E-state index in [0.29, 0.717) is 0 Å². The van der Waals surface area contributed by atoms with Crippen LogP contribution in [0, 0.1) is 0 Å². The maximum absolute atomic E-state index is 3.62. The summed E-state index contributed by atoms with van der Waals surface area (Å²) in [5.41, 5.74) is 3.27. The van der Waals surface area contributed by atoms with E-state index in [9.17, 15) is 0 Å². The Morgan fingerprint density at radius 3 is 2.37 bits per heavy atom. The van der Waals surface area contributed by atoms with Crippen molar-refractivity contribution in [3.05, 3.63) is 67.4 Å². The Bertz CT molecular complexity index is 508. The third kappa shape index (κ3) is 4.39. The van der Waals surface area contributed by atoms with Crippen molar-refractivity contribution in [2.24, 2.45) is 0 Å². The molecule has 0 aliphatic rings. The summed E-state index contributed by atoms with van der Waals surface area (Å²) in [6, 6.07) is 18.4. The molecule has 0 aromatic heterocycles. The first-order valence-corrected chi connectivity index (χ1v) is 6.39. The number of benzene rings is 2. The molecule has 0 fully saturated rings. The topological polar surface area (TPSA) is 36.1 Å². The first kappa shape index (κ1) is 13.0. The van der Waals surface area contributed by atoms with E-state index in [1.165, 1.54) is 0 Å². The van der Waals surface area contributed by atoms with Crippen molar-refractivity contribution in [3.8, 4) is 0 Å². The molecule has 98 valence electrons. The molecule has 0 unspecified atom stereocenters. The normalized spacial score (nSPS) is 9.68. The molecule has 2 aromatic rings. The molecule has 0 bridgehead atoms. The zero-order valence-corrected chi connectivity index (χ0v) is 10.9. The SMILES string of the molecule is C=CNCCNc1cccc(Nc2ccccc2)c1. The Labute approximate surface area is 114 Å². The van der Waals surface area contributed by atoms with Gasteiger partial charge < -0.3 is 16.0 Å². The molecule has 0 saturated carbocycles. The Morgan fingerprint density at radius 2 is 1.58 bits per heavy atom. The van der Waals surface area contributed by atoms with Gasteiger partial charge in [-0.2, -0.15) is 0 Å². The number of anilines is 3. The number of nitrogens with one attached hydrogen (secondary N) is 3. The van der Waals surface area contributed by atoms with E-state index in [1.807, 2.05) is 36.4 Å². The maximum Gasteiger partial charge on any atom is 0.0404 e. The second-order valence-electron chi connectivity index (χ2n) is 4.16. The van der Waals surface area contributed by atoms with Crippen LogP contribution in [-0.2, 0) is 0 Å². The highest BCUT2D eigenvalue weighted by molar-refractivity contribution is 5.64. The lowest BCUT2D eigenvalue weighted by molar-refractivity contribution is 0.871. The quantitative estimate of drug-likeness (QED) is 0.660. The Kier molecular flexibility index (Phi) is 4.87. The van der Waals surface area contributed by atoms with Gasteiger partial charge in [-0.15, -0.1) is 0 Å². The molecular weight excluding hydrogens is 234 g/mol. The molecule has 0 radical (unpaired) electrons. The molecular formula is C16H19N3. The van der Waals surface area contributed by atoms with Gasteiger partial charge in [-0.25, -0.2) is 0 Å². The van der Waals surface area contributed by atoms with Gasteiger partial charge in [-0.3, -0.25) is 0 Å². The second-order valence-corrected chi connectivity index (χ2v) is 4.16. The highest BCUT2D eigenvalue weighted by Crippen LogP contribution is 2.19. The zero-order chi connectivity index (χ0) is 13.3. The van der Waals surface area contributed by atoms with Crippen LogP contribution >= 0.6 is 0 Å². The summed E-state index contributed by atoms with van der Waals surface area (Å²) in [6.07, 6.45) is 1.70. The van der Waals surface area contributed by atoms with Crippen LogP contribution in [-0.4, -0.2) is 13.1 Å². The lowest BCUT2D eigenvalue weighted by atomic mass is 10.2. The van der Waals surface area contributed by atoms with Gasteiger partial charge in [0.15, 0.2) is 0 Å². The molecule has 3 N–H and O–H groups in total. The molecule has 2 rings (SSSR count). The summed E-state index contributed by atoms with van der Waals surface area (Å²) in [6.45, 7) is 5.34. The van der Waals surface area contributed by atoms with Crippen molar-refractivity contribution in [1.82, 2.24) is 5.32 Å². The highest BCUT2D eigenvalue weighted by Gasteiger charge is 1.96. The van der Waals surface area contributed by atoms with Gasteiger partial charge in [0, 0.05) is 30.2 Å². The van der Waals surface area contributed by atoms with Crippen LogP contribution in [0.15, 0.2) is 67.4 Å². The number of hydrogen-bond acceptors (Lipinski definition) is 3. The summed E-state index contributed by atoms with van der Waals surface area (Å²) in [7, 11) is 0. The predicted octanol–water partition coefficient (Wildman–Crippen LogP) is 3.58. The minimum atomic E-state index is 0.861. The minimum Gasteiger partial charge on any atom is -0.390 e. The largest absolute Gasteiger partial charge is 0.390 e. The summed E-state index contributed by atoms with van der Waals surface area (Å²) in [5, 5.41) is 9.79. The molecule has 3 nitrogen and oxygen atoms in total. The van der Waals surface area contributed by atoms with Crippen molar-refractivity contribution in [3.63, 3.8) is 0 Å². The van der Waals surface area contributed by atoms with E-state index in [-0.39, 0.29) is 0 Å². The van der Waals surface area contributed by atoms with Gasteiger partial charge in [0.1, 0.15) is 0 Å². The highest BCUT2D eigenvalue weighted by atomic mass is 14.9. The number of hydrogen-bond donors (Lipinski definition) is 3. The summed E-state index contributed by atoms with van der Waals surface area (Å²) >= 11 is 0. The van der Waals surface area contributed by atoms with Crippen molar-refractivity contribution in [2.75, 3.05) is 23.7 Å². The fourth-order valence-electron chi connectivity index (χ4n) is 1.78. The van der Waals surface area contributed by atoms with Gasteiger partial charge in [0.25, 0.3) is 0 Å². The van der Waals surface area contributed by atoms with Gasteiger partial charge in [0.05, 0.1) is 0 Å². The van der Waals surface area contributed by atoms with Gasteiger partial charge in [0.2, 0.25) is 0 Å². The molecule has 2 aromatic carbocycles. The second kappa shape index (κ2) is 7.11. The van der Waals surface area contributed by atoms with Crippen molar-refractivity contribution in [2.45, 2.75) is 0 Å². The maximum atomic E-state index is 3.62. The van der Waals surface area contributed by atoms with Gasteiger partial charge in [-0.1, -0.05) is 30.8 Å². The van der Waals surface area contributed by atoms with E-state index in [2.05, 4.69) is 40.7 Å². The van der Waals surface area contributed by atoms with E-state index in [1.54, 1.807) is 6.20 Å². The van der Waals surface area contributed by atoms with Crippen LogP contribution in [0.3, 0.4) is 0 Å². The fourth-order valence-corrected chi connectivity index (χ4v) is 1.78. The van der Waals surface area contributed by atoms with Crippen LogP contribution in [0.5, 0.6) is 0 Å². The molecule has 0 spiro atoms. The van der Waals surface area contributed by atoms with Gasteiger partial charge in [-0.05, 0) is 36.5 Å². The minimum absolute atomic E-state index is 0.861. The molecule has 0 heterocycles. The van der Waals surface area contributed by atoms with E-state index < -0.39 is 0 Å². The van der Waals surface area contributed by atoms with Crippen molar-refractivity contribution < 1.29 is 0 Å². The summed E-state index contributed by atoms with van der Waals surface area (Å²) in [4.78, 5) is 0. The monoisotopic (exact) mass is 253 g/mol. The third-order valence-corrected chi connectivity index (χ3v) is 2.67. The third-order valence-electron chi connectivity index (χ3n) is 2.67. The van der Waals surface area contributed by atoms with Crippen molar-refractivity contribution in [1.29, 1.82) is 0 Å². The number of rotatable bonds is 7. The van der Waals surface area contributed by atoms with E-state index in [4.69, 9.17) is 0 Å². The standard InChI is InChI=1S/C16H19N3/c1-2-17-11-12-18-15-9-6-10-16(13-15)19-14-7-4-3-5-8-14/h2-10,13,17-19H,1,11-12H2. The molecule has 0 amide bonds. The van der Waals surface area contributed by atoms with Gasteiger partial charge >= 0.3 is 0 Å². The average molecular weight is 253 g/mol. The van der Waals surface area contributed by atoms with Crippen LogP contribution in [0.4, 0.5) is 17.1 Å². The molecule has 3 heteroatoms. The lowest BCUT2D eigenvalue weighted by Gasteiger charge is -2.10. The summed E-state index contributed by atoms with van der Waals surface area (Å²) in [5.74, 6) is 0. The smallest absolute Gasteiger partial charge is 0.0404 e. The van der Waals surface area contributed by atoms with E-state index >= 15 is 0 Å². The Morgan fingerprint density at radius 1 is 0.842 bits per heavy atom. The van der Waals surface area contributed by atoms with Crippen LogP contribution in [0.1, 0.15) is 0 Å². The predicted molar refractivity (Wildman–Crippen MR) is 82.9 cm³/mol. The molecule has 0 aliphatic carbocycles. The first-order chi connectivity index (χ1) is 9.38. The van der Waals surface area contributed by atoms with Crippen molar-refractivity contribution >= 4 is 17.1 Å². The molecule has 0 aliphatic heterocycles.